The lowest BCUT2D eigenvalue weighted by molar-refractivity contribution is -0.140. The number of nitrogens with zero attached hydrogens (tertiary/aromatic N) is 1. The quantitative estimate of drug-likeness (QED) is 0.174. The summed E-state index contributed by atoms with van der Waals surface area (Å²) in [7, 11) is 0. The van der Waals surface area contributed by atoms with Crippen molar-refractivity contribution in [3.8, 4) is 0 Å². The molecule has 0 N–H and O–H groups in total. The summed E-state index contributed by atoms with van der Waals surface area (Å²) in [6.07, 6.45) is 1.84. The minimum atomic E-state index is -0.371. The smallest absolute Gasteiger partial charge is 0.333 e. The molecule has 0 aliphatic heterocycles. The highest BCUT2D eigenvalue weighted by Gasteiger charge is 2.13. The first-order chi connectivity index (χ1) is 16.3. The molecule has 0 bridgehead atoms. The van der Waals surface area contributed by atoms with E-state index in [9.17, 15) is 4.79 Å². The van der Waals surface area contributed by atoms with Crippen LogP contribution in [0.15, 0.2) is 78.9 Å². The van der Waals surface area contributed by atoms with Crippen molar-refractivity contribution in [1.82, 2.24) is 0 Å². The third-order valence-corrected chi connectivity index (χ3v) is 5.80. The molecule has 0 unspecified atom stereocenters. The lowest BCUT2D eigenvalue weighted by Crippen LogP contribution is -2.11. The van der Waals surface area contributed by atoms with Crippen LogP contribution in [-0.4, -0.2) is 25.8 Å². The Kier molecular flexibility index (Phi) is 9.06. The van der Waals surface area contributed by atoms with E-state index in [4.69, 9.17) is 9.47 Å². The van der Waals surface area contributed by atoms with Crippen LogP contribution in [0.5, 0.6) is 0 Å². The highest BCUT2D eigenvalue weighted by molar-refractivity contribution is 5.86. The van der Waals surface area contributed by atoms with Crippen molar-refractivity contribution >= 4 is 23.0 Å². The Bertz CT molecular complexity index is 1100. The number of hydrogen-bond acceptors (Lipinski definition) is 4. The van der Waals surface area contributed by atoms with Gasteiger partial charge in [0.15, 0.2) is 0 Å². The van der Waals surface area contributed by atoms with Crippen molar-refractivity contribution in [2.24, 2.45) is 0 Å². The van der Waals surface area contributed by atoms with Gasteiger partial charge in [0.05, 0.1) is 6.61 Å². The van der Waals surface area contributed by atoms with E-state index in [0.29, 0.717) is 18.8 Å². The topological polar surface area (TPSA) is 38.8 Å². The molecule has 3 aromatic rings. The number of benzene rings is 3. The van der Waals surface area contributed by atoms with Gasteiger partial charge >= 0.3 is 5.97 Å². The van der Waals surface area contributed by atoms with E-state index < -0.39 is 0 Å². The Labute approximate surface area is 203 Å². The third-order valence-electron chi connectivity index (χ3n) is 5.80. The normalized spacial score (nSPS) is 10.7. The second-order valence-electron chi connectivity index (χ2n) is 8.74. The minimum absolute atomic E-state index is 0.258. The highest BCUT2D eigenvalue weighted by Crippen LogP contribution is 2.35. The van der Waals surface area contributed by atoms with Crippen molar-refractivity contribution in [2.45, 2.75) is 40.5 Å². The fourth-order valence-electron chi connectivity index (χ4n) is 3.61. The van der Waals surface area contributed by atoms with E-state index >= 15 is 0 Å². The van der Waals surface area contributed by atoms with E-state index in [1.54, 1.807) is 6.92 Å². The number of anilines is 3. The predicted octanol–water partition coefficient (Wildman–Crippen LogP) is 7.15. The summed E-state index contributed by atoms with van der Waals surface area (Å²) in [4.78, 5) is 13.6. The number of carbonyl (C=O) groups excluding carboxylic acids is 1. The summed E-state index contributed by atoms with van der Waals surface area (Å²) in [6.45, 7) is 12.9. The zero-order valence-electron chi connectivity index (χ0n) is 20.8. The average molecular weight is 458 g/mol. The van der Waals surface area contributed by atoms with Crippen LogP contribution in [0.3, 0.4) is 0 Å². The van der Waals surface area contributed by atoms with Crippen LogP contribution in [0.4, 0.5) is 17.1 Å². The Morgan fingerprint density at radius 3 is 2.03 bits per heavy atom. The van der Waals surface area contributed by atoms with Gasteiger partial charge in [-0.15, -0.1) is 0 Å². The standard InChI is InChI=1S/C30H35NO3/c1-22(2)30(32)34-20-19-33-18-6-7-26-11-16-28(17-12-26)31(27-13-8-23(3)9-14-27)29-15-10-24(4)25(5)21-29/h8-17,21H,1,6-7,18-20H2,2-5H3. The summed E-state index contributed by atoms with van der Waals surface area (Å²) < 4.78 is 10.6. The van der Waals surface area contributed by atoms with Gasteiger partial charge in [0, 0.05) is 29.2 Å². The van der Waals surface area contributed by atoms with Gasteiger partial charge in [-0.25, -0.2) is 4.79 Å². The molecule has 0 atom stereocenters. The molecule has 178 valence electrons. The molecule has 0 fully saturated rings. The Morgan fingerprint density at radius 1 is 0.794 bits per heavy atom. The molecular formula is C30H35NO3. The highest BCUT2D eigenvalue weighted by atomic mass is 16.6. The summed E-state index contributed by atoms with van der Waals surface area (Å²) >= 11 is 0. The maximum Gasteiger partial charge on any atom is 0.333 e. The van der Waals surface area contributed by atoms with Crippen molar-refractivity contribution < 1.29 is 14.3 Å². The van der Waals surface area contributed by atoms with E-state index in [2.05, 4.69) is 99.0 Å². The second-order valence-corrected chi connectivity index (χ2v) is 8.74. The minimum Gasteiger partial charge on any atom is -0.460 e. The van der Waals surface area contributed by atoms with Gasteiger partial charge in [-0.2, -0.15) is 0 Å². The zero-order chi connectivity index (χ0) is 24.5. The number of aryl methyl sites for hydroxylation is 4. The average Bonchev–Trinajstić information content (AvgIpc) is 2.82. The van der Waals surface area contributed by atoms with Crippen LogP contribution in [0.25, 0.3) is 0 Å². The fourth-order valence-corrected chi connectivity index (χ4v) is 3.61. The van der Waals surface area contributed by atoms with E-state index in [0.717, 1.165) is 29.9 Å². The van der Waals surface area contributed by atoms with Crippen LogP contribution in [0.2, 0.25) is 0 Å². The summed E-state index contributed by atoms with van der Waals surface area (Å²) in [5.74, 6) is -0.371. The van der Waals surface area contributed by atoms with Gasteiger partial charge in [0.2, 0.25) is 0 Å². The largest absolute Gasteiger partial charge is 0.460 e. The molecule has 0 aliphatic carbocycles. The van der Waals surface area contributed by atoms with Crippen molar-refractivity contribution in [2.75, 3.05) is 24.7 Å². The molecule has 0 heterocycles. The van der Waals surface area contributed by atoms with E-state index in [1.807, 2.05) is 0 Å². The molecule has 0 aliphatic rings. The second kappa shape index (κ2) is 12.2. The van der Waals surface area contributed by atoms with Gasteiger partial charge in [-0.3, -0.25) is 0 Å². The Morgan fingerprint density at radius 2 is 1.41 bits per heavy atom. The summed E-state index contributed by atoms with van der Waals surface area (Å²) in [6, 6.07) is 24.0. The number of carbonyl (C=O) groups is 1. The first-order valence-electron chi connectivity index (χ1n) is 11.8. The Balaban J connectivity index is 1.61. The van der Waals surface area contributed by atoms with Crippen molar-refractivity contribution in [3.05, 3.63) is 101 Å². The molecule has 4 nitrogen and oxygen atoms in total. The Hall–Kier alpha value is -3.37. The molecule has 0 amide bonds. The zero-order valence-corrected chi connectivity index (χ0v) is 20.8. The van der Waals surface area contributed by atoms with Gasteiger partial charge in [0.25, 0.3) is 0 Å². The molecule has 0 spiro atoms. The fraction of sp³-hybridized carbons (Fsp3) is 0.300. The van der Waals surface area contributed by atoms with Crippen molar-refractivity contribution in [3.63, 3.8) is 0 Å². The van der Waals surface area contributed by atoms with Crippen LogP contribution in [0, 0.1) is 20.8 Å². The molecular weight excluding hydrogens is 422 g/mol. The molecule has 0 aromatic heterocycles. The monoisotopic (exact) mass is 457 g/mol. The number of rotatable bonds is 11. The van der Waals surface area contributed by atoms with Crippen LogP contribution >= 0.6 is 0 Å². The van der Waals surface area contributed by atoms with Crippen LogP contribution in [-0.2, 0) is 20.7 Å². The lowest BCUT2D eigenvalue weighted by atomic mass is 10.1. The third kappa shape index (κ3) is 7.06. The van der Waals surface area contributed by atoms with E-state index in [-0.39, 0.29) is 12.6 Å². The van der Waals surface area contributed by atoms with Gasteiger partial charge in [-0.05, 0) is 93.6 Å². The molecule has 34 heavy (non-hydrogen) atoms. The number of esters is 1. The predicted molar refractivity (Wildman–Crippen MR) is 140 cm³/mol. The van der Waals surface area contributed by atoms with Gasteiger partial charge in [-0.1, -0.05) is 42.5 Å². The molecule has 4 heteroatoms. The summed E-state index contributed by atoms with van der Waals surface area (Å²) in [5, 5.41) is 0. The molecule has 0 saturated carbocycles. The molecule has 3 aromatic carbocycles. The number of hydrogen-bond donors (Lipinski definition) is 0. The van der Waals surface area contributed by atoms with Gasteiger partial charge in [0.1, 0.15) is 6.61 Å². The lowest BCUT2D eigenvalue weighted by Gasteiger charge is -2.26. The SMILES string of the molecule is C=C(C)C(=O)OCCOCCCc1ccc(N(c2ccc(C)cc2)c2ccc(C)c(C)c2)cc1. The van der Waals surface area contributed by atoms with Crippen molar-refractivity contribution in [1.29, 1.82) is 0 Å². The maximum absolute atomic E-state index is 11.3. The van der Waals surface area contributed by atoms with Crippen LogP contribution < -0.4 is 4.90 Å². The van der Waals surface area contributed by atoms with Gasteiger partial charge < -0.3 is 14.4 Å². The number of ether oxygens (including phenoxy) is 2. The maximum atomic E-state index is 11.3. The molecule has 3 rings (SSSR count). The summed E-state index contributed by atoms with van der Waals surface area (Å²) in [5.41, 5.74) is 8.91. The van der Waals surface area contributed by atoms with Crippen LogP contribution in [0.1, 0.15) is 35.6 Å². The first-order valence-corrected chi connectivity index (χ1v) is 11.8. The van der Waals surface area contributed by atoms with E-state index in [1.165, 1.54) is 22.3 Å². The first kappa shape index (κ1) is 25.3. The molecule has 0 radical (unpaired) electrons. The molecule has 0 saturated heterocycles.